The Balaban J connectivity index is 1.47. The van der Waals surface area contributed by atoms with Gasteiger partial charge in [0.05, 0.1) is 0 Å². The van der Waals surface area contributed by atoms with E-state index in [1.807, 2.05) is 11.8 Å². The summed E-state index contributed by atoms with van der Waals surface area (Å²) in [6.45, 7) is 4.96. The summed E-state index contributed by atoms with van der Waals surface area (Å²) in [7, 11) is 0. The third-order valence-electron chi connectivity index (χ3n) is 4.87. The molecule has 0 amide bonds. The lowest BCUT2D eigenvalue weighted by atomic mass is 10.0. The minimum atomic E-state index is -4.45. The van der Waals surface area contributed by atoms with Crippen LogP contribution in [0.4, 0.5) is 24.9 Å². The van der Waals surface area contributed by atoms with Gasteiger partial charge >= 0.3 is 6.18 Å². The molecule has 2 aromatic rings. The van der Waals surface area contributed by atoms with Crippen LogP contribution in [0, 0.1) is 18.8 Å². The second-order valence-corrected chi connectivity index (χ2v) is 6.60. The standard InChI is InChI=1S/C16H17F3N6/c1-10-4-20-9-22-14(10)24-5-11-7-25(8-12(11)6-24)15-21-3-2-13(23-15)16(17,18)19/h2-4,9,11-12H,5-8H2,1H3. The van der Waals surface area contributed by atoms with Crippen LogP contribution in [0.1, 0.15) is 11.3 Å². The van der Waals surface area contributed by atoms with E-state index in [1.165, 1.54) is 6.20 Å². The van der Waals surface area contributed by atoms with Gasteiger partial charge < -0.3 is 9.80 Å². The molecule has 4 rings (SSSR count). The highest BCUT2D eigenvalue weighted by molar-refractivity contribution is 5.47. The first-order valence-electron chi connectivity index (χ1n) is 8.08. The third kappa shape index (κ3) is 2.98. The van der Waals surface area contributed by atoms with Crippen LogP contribution in [0.3, 0.4) is 0 Å². The summed E-state index contributed by atoms with van der Waals surface area (Å²) in [5, 5.41) is 0. The molecule has 0 radical (unpaired) electrons. The fourth-order valence-electron chi connectivity index (χ4n) is 3.71. The maximum atomic E-state index is 12.8. The average molecular weight is 350 g/mol. The molecule has 2 aliphatic heterocycles. The van der Waals surface area contributed by atoms with Crippen LogP contribution >= 0.6 is 0 Å². The summed E-state index contributed by atoms with van der Waals surface area (Å²) in [6, 6.07) is 0.903. The van der Waals surface area contributed by atoms with E-state index in [2.05, 4.69) is 24.8 Å². The van der Waals surface area contributed by atoms with Gasteiger partial charge in [0.15, 0.2) is 0 Å². The Hall–Kier alpha value is -2.45. The molecule has 0 N–H and O–H groups in total. The number of aromatic nitrogens is 4. The number of anilines is 2. The Morgan fingerprint density at radius 1 is 1.04 bits per heavy atom. The van der Waals surface area contributed by atoms with Gasteiger partial charge in [-0.05, 0) is 13.0 Å². The average Bonchev–Trinajstić information content (AvgIpc) is 3.13. The number of aryl methyl sites for hydroxylation is 1. The van der Waals surface area contributed by atoms with Crippen molar-refractivity contribution >= 4 is 11.8 Å². The quantitative estimate of drug-likeness (QED) is 0.827. The minimum absolute atomic E-state index is 0.161. The third-order valence-corrected chi connectivity index (χ3v) is 4.87. The van der Waals surface area contributed by atoms with Gasteiger partial charge in [-0.2, -0.15) is 13.2 Å². The van der Waals surface area contributed by atoms with Crippen LogP contribution < -0.4 is 9.80 Å². The van der Waals surface area contributed by atoms with E-state index in [1.54, 1.807) is 12.5 Å². The topological polar surface area (TPSA) is 58.0 Å². The van der Waals surface area contributed by atoms with Gasteiger partial charge in [-0.25, -0.2) is 19.9 Å². The molecule has 6 nitrogen and oxygen atoms in total. The lowest BCUT2D eigenvalue weighted by Gasteiger charge is -2.23. The second kappa shape index (κ2) is 5.82. The number of fused-ring (bicyclic) bond motifs is 1. The van der Waals surface area contributed by atoms with Crippen molar-refractivity contribution in [2.24, 2.45) is 11.8 Å². The van der Waals surface area contributed by atoms with E-state index in [4.69, 9.17) is 0 Å². The highest BCUT2D eigenvalue weighted by Gasteiger charge is 2.42. The molecular weight excluding hydrogens is 333 g/mol. The summed E-state index contributed by atoms with van der Waals surface area (Å²) >= 11 is 0. The van der Waals surface area contributed by atoms with Crippen LogP contribution in [-0.4, -0.2) is 46.1 Å². The van der Waals surface area contributed by atoms with Crippen molar-refractivity contribution in [2.75, 3.05) is 36.0 Å². The second-order valence-electron chi connectivity index (χ2n) is 6.60. The van der Waals surface area contributed by atoms with Crippen molar-refractivity contribution in [3.05, 3.63) is 36.0 Å². The van der Waals surface area contributed by atoms with Crippen LogP contribution in [0.5, 0.6) is 0 Å². The largest absolute Gasteiger partial charge is 0.433 e. The molecule has 9 heteroatoms. The Labute approximate surface area is 142 Å². The predicted octanol–water partition coefficient (Wildman–Crippen LogP) is 2.17. The molecule has 0 aromatic carbocycles. The summed E-state index contributed by atoms with van der Waals surface area (Å²) in [6.07, 6.45) is 0.0584. The van der Waals surface area contributed by atoms with E-state index in [-0.39, 0.29) is 5.95 Å². The number of hydrogen-bond acceptors (Lipinski definition) is 6. The molecule has 2 fully saturated rings. The smallest absolute Gasteiger partial charge is 0.356 e. The van der Waals surface area contributed by atoms with E-state index in [9.17, 15) is 13.2 Å². The van der Waals surface area contributed by atoms with Crippen LogP contribution in [0.25, 0.3) is 0 Å². The van der Waals surface area contributed by atoms with Gasteiger partial charge in [-0.3, -0.25) is 0 Å². The number of halogens is 3. The number of alkyl halides is 3. The van der Waals surface area contributed by atoms with Crippen molar-refractivity contribution in [3.63, 3.8) is 0 Å². The zero-order valence-corrected chi connectivity index (χ0v) is 13.6. The molecular formula is C16H17F3N6. The number of nitrogens with zero attached hydrogens (tertiary/aromatic N) is 6. The van der Waals surface area contributed by atoms with E-state index in [0.29, 0.717) is 24.9 Å². The fraction of sp³-hybridized carbons (Fsp3) is 0.500. The zero-order valence-electron chi connectivity index (χ0n) is 13.6. The van der Waals surface area contributed by atoms with E-state index >= 15 is 0 Å². The van der Waals surface area contributed by atoms with Gasteiger partial charge in [-0.15, -0.1) is 0 Å². The molecule has 0 saturated carbocycles. The normalized spacial score (nSPS) is 23.2. The fourth-order valence-corrected chi connectivity index (χ4v) is 3.71. The molecule has 132 valence electrons. The summed E-state index contributed by atoms with van der Waals surface area (Å²) < 4.78 is 38.5. The Morgan fingerprint density at radius 2 is 1.72 bits per heavy atom. The van der Waals surface area contributed by atoms with Crippen molar-refractivity contribution < 1.29 is 13.2 Å². The maximum Gasteiger partial charge on any atom is 0.433 e. The van der Waals surface area contributed by atoms with Crippen LogP contribution in [0.15, 0.2) is 24.8 Å². The van der Waals surface area contributed by atoms with Gasteiger partial charge in [0, 0.05) is 56.0 Å². The first-order chi connectivity index (χ1) is 11.9. The highest BCUT2D eigenvalue weighted by atomic mass is 19.4. The SMILES string of the molecule is Cc1cncnc1N1CC2CN(c3nccc(C(F)(F)F)n3)CC2C1. The lowest BCUT2D eigenvalue weighted by Crippen LogP contribution is -2.30. The molecule has 2 aromatic heterocycles. The van der Waals surface area contributed by atoms with Crippen molar-refractivity contribution in [3.8, 4) is 0 Å². The first-order valence-corrected chi connectivity index (χ1v) is 8.08. The van der Waals surface area contributed by atoms with E-state index < -0.39 is 11.9 Å². The Morgan fingerprint density at radius 3 is 2.36 bits per heavy atom. The van der Waals surface area contributed by atoms with Gasteiger partial charge in [-0.1, -0.05) is 0 Å². The summed E-state index contributed by atoms with van der Waals surface area (Å²) in [5.41, 5.74) is 0.133. The molecule has 4 heterocycles. The molecule has 25 heavy (non-hydrogen) atoms. The molecule has 0 bridgehead atoms. The molecule has 2 unspecified atom stereocenters. The van der Waals surface area contributed by atoms with Gasteiger partial charge in [0.2, 0.25) is 5.95 Å². The highest BCUT2D eigenvalue weighted by Crippen LogP contribution is 2.36. The van der Waals surface area contributed by atoms with Crippen LogP contribution in [0.2, 0.25) is 0 Å². The van der Waals surface area contributed by atoms with Crippen molar-refractivity contribution in [1.29, 1.82) is 0 Å². The molecule has 0 spiro atoms. The first kappa shape index (κ1) is 16.0. The monoisotopic (exact) mass is 350 g/mol. The maximum absolute atomic E-state index is 12.8. The van der Waals surface area contributed by atoms with E-state index in [0.717, 1.165) is 30.5 Å². The Bertz CT molecular complexity index is 766. The molecule has 2 aliphatic rings. The lowest BCUT2D eigenvalue weighted by molar-refractivity contribution is -0.141. The molecule has 2 saturated heterocycles. The van der Waals surface area contributed by atoms with Crippen molar-refractivity contribution in [2.45, 2.75) is 13.1 Å². The Kier molecular flexibility index (Phi) is 3.73. The number of hydrogen-bond donors (Lipinski definition) is 0. The molecule has 2 atom stereocenters. The van der Waals surface area contributed by atoms with Crippen LogP contribution in [-0.2, 0) is 6.18 Å². The number of rotatable bonds is 2. The summed E-state index contributed by atoms with van der Waals surface area (Å²) in [4.78, 5) is 20.2. The minimum Gasteiger partial charge on any atom is -0.356 e. The van der Waals surface area contributed by atoms with Gasteiger partial charge in [0.25, 0.3) is 0 Å². The van der Waals surface area contributed by atoms with Crippen molar-refractivity contribution in [1.82, 2.24) is 19.9 Å². The van der Waals surface area contributed by atoms with Gasteiger partial charge in [0.1, 0.15) is 17.8 Å². The predicted molar refractivity (Wildman–Crippen MR) is 85.2 cm³/mol. The zero-order chi connectivity index (χ0) is 17.6. The molecule has 0 aliphatic carbocycles. The summed E-state index contributed by atoms with van der Waals surface area (Å²) in [5.74, 6) is 1.83.